The van der Waals surface area contributed by atoms with Gasteiger partial charge < -0.3 is 15.0 Å². The van der Waals surface area contributed by atoms with Gasteiger partial charge in [0, 0.05) is 31.7 Å². The smallest absolute Gasteiger partial charge is 0.194 e. The fourth-order valence-electron chi connectivity index (χ4n) is 3.48. The molecule has 1 N–H and O–H groups in total. The third-order valence-corrected chi connectivity index (χ3v) is 4.80. The molecule has 1 aliphatic heterocycles. The number of guanidine groups is 1. The highest BCUT2D eigenvalue weighted by molar-refractivity contribution is 14.0. The summed E-state index contributed by atoms with van der Waals surface area (Å²) in [6.07, 6.45) is 5.66. The third-order valence-electron chi connectivity index (χ3n) is 4.80. The van der Waals surface area contributed by atoms with Gasteiger partial charge in [0.15, 0.2) is 5.96 Å². The summed E-state index contributed by atoms with van der Waals surface area (Å²) in [5, 5.41) is 3.64. The van der Waals surface area contributed by atoms with Crippen molar-refractivity contribution in [2.45, 2.75) is 44.8 Å². The molecule has 18 heavy (non-hydrogen) atoms. The summed E-state index contributed by atoms with van der Waals surface area (Å²) in [6, 6.07) is 0.590. The summed E-state index contributed by atoms with van der Waals surface area (Å²) in [4.78, 5) is 6.75. The fraction of sp³-hybridized carbons (Fsp3) is 0.923. The number of aliphatic imine (C=N–C) groups is 1. The molecular weight excluding hydrogens is 341 g/mol. The Morgan fingerprint density at radius 1 is 1.50 bits per heavy atom. The number of likely N-dealkylation sites (N-methyl/N-ethyl adjacent to an activating group) is 1. The largest absolute Gasteiger partial charge is 0.378 e. The van der Waals surface area contributed by atoms with E-state index in [1.54, 1.807) is 0 Å². The lowest BCUT2D eigenvalue weighted by Gasteiger charge is -2.61. The summed E-state index contributed by atoms with van der Waals surface area (Å²) in [5.41, 5.74) is 0.433. The predicted octanol–water partition coefficient (Wildman–Crippen LogP) is 1.84. The van der Waals surface area contributed by atoms with Crippen molar-refractivity contribution in [1.82, 2.24) is 10.2 Å². The van der Waals surface area contributed by atoms with Crippen LogP contribution in [-0.2, 0) is 4.74 Å². The molecule has 0 aromatic carbocycles. The summed E-state index contributed by atoms with van der Waals surface area (Å²) >= 11 is 0. The maximum absolute atomic E-state index is 5.86. The first-order valence-corrected chi connectivity index (χ1v) is 6.90. The molecule has 2 saturated carbocycles. The first kappa shape index (κ1) is 14.4. The van der Waals surface area contributed by atoms with Crippen molar-refractivity contribution in [2.75, 3.05) is 26.7 Å². The molecule has 2 aliphatic carbocycles. The molecule has 5 heteroatoms. The predicted molar refractivity (Wildman–Crippen MR) is 83.6 cm³/mol. The molecule has 2 unspecified atom stereocenters. The van der Waals surface area contributed by atoms with E-state index in [0.29, 0.717) is 17.6 Å². The van der Waals surface area contributed by atoms with Gasteiger partial charge in [-0.3, -0.25) is 4.99 Å². The quantitative estimate of drug-likeness (QED) is 0.776. The van der Waals surface area contributed by atoms with Crippen LogP contribution in [-0.4, -0.2) is 49.7 Å². The van der Waals surface area contributed by atoms with Gasteiger partial charge in [0.25, 0.3) is 0 Å². The second-order valence-electron chi connectivity index (χ2n) is 5.59. The molecule has 2 atom stereocenters. The van der Waals surface area contributed by atoms with Gasteiger partial charge in [0.1, 0.15) is 0 Å². The molecule has 2 fully saturated rings. The minimum Gasteiger partial charge on any atom is -0.378 e. The first-order valence-electron chi connectivity index (χ1n) is 6.90. The zero-order chi connectivity index (χ0) is 11.9. The van der Waals surface area contributed by atoms with Crippen molar-refractivity contribution in [3.63, 3.8) is 0 Å². The van der Waals surface area contributed by atoms with E-state index in [0.717, 1.165) is 32.1 Å². The molecule has 4 nitrogen and oxygen atoms in total. The summed E-state index contributed by atoms with van der Waals surface area (Å²) in [5.74, 6) is 1.09. The van der Waals surface area contributed by atoms with Crippen molar-refractivity contribution >= 4 is 29.9 Å². The van der Waals surface area contributed by atoms with Crippen molar-refractivity contribution < 1.29 is 4.74 Å². The summed E-state index contributed by atoms with van der Waals surface area (Å²) in [7, 11) is 2.12. The van der Waals surface area contributed by atoms with Gasteiger partial charge in [-0.1, -0.05) is 6.42 Å². The van der Waals surface area contributed by atoms with E-state index in [4.69, 9.17) is 4.74 Å². The molecule has 0 amide bonds. The Morgan fingerprint density at radius 3 is 2.78 bits per heavy atom. The highest BCUT2D eigenvalue weighted by Crippen LogP contribution is 2.57. The number of rotatable bonds is 3. The Morgan fingerprint density at radius 2 is 2.28 bits per heavy atom. The second-order valence-corrected chi connectivity index (χ2v) is 5.59. The minimum absolute atomic E-state index is 0. The number of hydrogen-bond acceptors (Lipinski definition) is 4. The van der Waals surface area contributed by atoms with Crippen molar-refractivity contribution in [1.29, 1.82) is 0 Å². The lowest BCUT2D eigenvalue weighted by molar-refractivity contribution is -0.168. The number of ether oxygens (including phenoxy) is 1. The molecule has 3 aliphatic rings. The average molecular weight is 365 g/mol. The van der Waals surface area contributed by atoms with Gasteiger partial charge in [-0.15, -0.1) is 24.0 Å². The van der Waals surface area contributed by atoms with Crippen molar-refractivity contribution in [3.05, 3.63) is 0 Å². The van der Waals surface area contributed by atoms with E-state index in [2.05, 4.69) is 29.2 Å². The maximum atomic E-state index is 5.86. The average Bonchev–Trinajstić information content (AvgIpc) is 2.60. The van der Waals surface area contributed by atoms with Crippen LogP contribution in [0.1, 0.15) is 32.6 Å². The van der Waals surface area contributed by atoms with Crippen LogP contribution in [0.4, 0.5) is 0 Å². The number of nitrogens with zero attached hydrogens (tertiary/aromatic N) is 2. The second kappa shape index (κ2) is 5.53. The van der Waals surface area contributed by atoms with E-state index in [9.17, 15) is 0 Å². The molecule has 104 valence electrons. The van der Waals surface area contributed by atoms with Gasteiger partial charge in [-0.05, 0) is 26.2 Å². The van der Waals surface area contributed by atoms with Crippen LogP contribution in [0.25, 0.3) is 0 Å². The summed E-state index contributed by atoms with van der Waals surface area (Å²) < 4.78 is 5.86. The van der Waals surface area contributed by atoms with Crippen LogP contribution in [0.15, 0.2) is 4.99 Å². The molecule has 3 rings (SSSR count). The van der Waals surface area contributed by atoms with Crippen LogP contribution >= 0.6 is 24.0 Å². The SMILES string of the molecule is CCOC1CC(NC2=NCCN2C)C12CCC2.I. The topological polar surface area (TPSA) is 36.9 Å². The van der Waals surface area contributed by atoms with Crippen LogP contribution in [0.2, 0.25) is 0 Å². The van der Waals surface area contributed by atoms with Gasteiger partial charge in [0.05, 0.1) is 12.6 Å². The van der Waals surface area contributed by atoms with Crippen molar-refractivity contribution in [2.24, 2.45) is 10.4 Å². The molecule has 0 aromatic rings. The fourth-order valence-corrected chi connectivity index (χ4v) is 3.48. The van der Waals surface area contributed by atoms with Crippen molar-refractivity contribution in [3.8, 4) is 0 Å². The molecule has 0 saturated heterocycles. The lowest BCUT2D eigenvalue weighted by Crippen LogP contribution is -2.68. The van der Waals surface area contributed by atoms with E-state index in [-0.39, 0.29) is 24.0 Å². The highest BCUT2D eigenvalue weighted by Gasteiger charge is 2.59. The molecular formula is C13H24IN3O. The number of nitrogens with one attached hydrogen (secondary N) is 1. The van der Waals surface area contributed by atoms with Gasteiger partial charge in [-0.25, -0.2) is 0 Å². The van der Waals surface area contributed by atoms with Gasteiger partial charge in [-0.2, -0.15) is 0 Å². The maximum Gasteiger partial charge on any atom is 0.194 e. The minimum atomic E-state index is 0. The molecule has 0 bridgehead atoms. The van der Waals surface area contributed by atoms with E-state index in [1.165, 1.54) is 19.3 Å². The normalized spacial score (nSPS) is 32.3. The van der Waals surface area contributed by atoms with Crippen LogP contribution in [0.5, 0.6) is 0 Å². The Hall–Kier alpha value is -0.0400. The molecule has 0 aromatic heterocycles. The highest BCUT2D eigenvalue weighted by atomic mass is 127. The number of halogens is 1. The summed E-state index contributed by atoms with van der Waals surface area (Å²) in [6.45, 7) is 4.94. The van der Waals surface area contributed by atoms with Gasteiger partial charge >= 0.3 is 0 Å². The molecule has 0 radical (unpaired) electrons. The molecule has 1 spiro atoms. The van der Waals surface area contributed by atoms with Gasteiger partial charge in [0.2, 0.25) is 0 Å². The monoisotopic (exact) mass is 365 g/mol. The Bertz CT molecular complexity index is 330. The first-order chi connectivity index (χ1) is 8.26. The van der Waals surface area contributed by atoms with E-state index < -0.39 is 0 Å². The van der Waals surface area contributed by atoms with Crippen LogP contribution in [0, 0.1) is 5.41 Å². The van der Waals surface area contributed by atoms with E-state index in [1.807, 2.05) is 0 Å². The Labute approximate surface area is 127 Å². The van der Waals surface area contributed by atoms with E-state index >= 15 is 0 Å². The van der Waals surface area contributed by atoms with Crippen LogP contribution < -0.4 is 5.32 Å². The lowest BCUT2D eigenvalue weighted by atomic mass is 9.51. The zero-order valence-electron chi connectivity index (χ0n) is 11.3. The zero-order valence-corrected chi connectivity index (χ0v) is 13.6. The standard InChI is InChI=1S/C13H23N3O.HI/c1-3-17-11-9-10(13(11)5-4-6-13)15-12-14-7-8-16(12)2;/h10-11H,3-9H2,1-2H3,(H,14,15);1H. The number of hydrogen-bond donors (Lipinski definition) is 1. The Balaban J connectivity index is 0.00000120. The third kappa shape index (κ3) is 2.13. The Kier molecular flexibility index (Phi) is 4.41. The van der Waals surface area contributed by atoms with Crippen LogP contribution in [0.3, 0.4) is 0 Å². The molecule has 1 heterocycles.